The second-order valence-corrected chi connectivity index (χ2v) is 3.82. The molecule has 0 fully saturated rings. The van der Waals surface area contributed by atoms with Gasteiger partial charge in [-0.1, -0.05) is 18.2 Å². The lowest BCUT2D eigenvalue weighted by atomic mass is 10.2. The van der Waals surface area contributed by atoms with Gasteiger partial charge < -0.3 is 4.90 Å². The number of fused-ring (bicyclic) bond motifs is 1. The third-order valence-corrected chi connectivity index (χ3v) is 2.33. The monoisotopic (exact) mass is 213 g/mol. The Bertz CT molecular complexity index is 530. The second kappa shape index (κ2) is 4.31. The van der Waals surface area contributed by atoms with Gasteiger partial charge in [0.25, 0.3) is 0 Å². The van der Waals surface area contributed by atoms with Crippen molar-refractivity contribution >= 4 is 22.9 Å². The molecule has 2 aromatic rings. The first-order valence-corrected chi connectivity index (χ1v) is 5.29. The zero-order valence-corrected chi connectivity index (χ0v) is 9.81. The zero-order chi connectivity index (χ0) is 11.5. The van der Waals surface area contributed by atoms with Gasteiger partial charge in [0.05, 0.1) is 11.0 Å². The van der Waals surface area contributed by atoms with Crippen LogP contribution in [0.5, 0.6) is 0 Å². The van der Waals surface area contributed by atoms with Gasteiger partial charge in [0.2, 0.25) is 0 Å². The van der Waals surface area contributed by atoms with Crippen molar-refractivity contribution in [2.75, 3.05) is 19.0 Å². The lowest BCUT2D eigenvalue weighted by Crippen LogP contribution is -2.13. The predicted octanol–water partition coefficient (Wildman–Crippen LogP) is 2.73. The average molecular weight is 213 g/mol. The number of hydrogen-bond acceptors (Lipinski definition) is 3. The summed E-state index contributed by atoms with van der Waals surface area (Å²) in [6, 6.07) is 7.92. The van der Waals surface area contributed by atoms with Gasteiger partial charge in [-0.05, 0) is 25.1 Å². The highest BCUT2D eigenvalue weighted by molar-refractivity contribution is 5.78. The molecule has 1 aromatic carbocycles. The minimum Gasteiger partial charge on any atom is -0.361 e. The van der Waals surface area contributed by atoms with E-state index < -0.39 is 0 Å². The van der Waals surface area contributed by atoms with Gasteiger partial charge in [-0.25, -0.2) is 9.97 Å². The summed E-state index contributed by atoms with van der Waals surface area (Å²) in [6.45, 7) is 1.98. The summed E-state index contributed by atoms with van der Waals surface area (Å²) in [4.78, 5) is 11.2. The van der Waals surface area contributed by atoms with Crippen LogP contribution in [-0.2, 0) is 0 Å². The van der Waals surface area contributed by atoms with E-state index in [2.05, 4.69) is 9.97 Å². The Balaban J connectivity index is 2.70. The molecule has 0 saturated carbocycles. The third-order valence-electron chi connectivity index (χ3n) is 2.33. The van der Waals surface area contributed by atoms with Crippen molar-refractivity contribution in [2.45, 2.75) is 6.92 Å². The molecule has 0 radical (unpaired) electrons. The Kier molecular flexibility index (Phi) is 2.86. The summed E-state index contributed by atoms with van der Waals surface area (Å²) < 4.78 is 0. The molecule has 1 aromatic heterocycles. The highest BCUT2D eigenvalue weighted by atomic mass is 15.1. The average Bonchev–Trinajstić information content (AvgIpc) is 2.28. The molecular formula is C13H15N3. The van der Waals surface area contributed by atoms with Crippen LogP contribution >= 0.6 is 0 Å². The molecule has 1 heterocycles. The number of aromatic nitrogens is 2. The highest BCUT2D eigenvalue weighted by Crippen LogP contribution is 2.19. The van der Waals surface area contributed by atoms with Crippen molar-refractivity contribution < 1.29 is 0 Å². The van der Waals surface area contributed by atoms with Crippen molar-refractivity contribution in [3.05, 3.63) is 36.0 Å². The summed E-state index contributed by atoms with van der Waals surface area (Å²) in [6.07, 6.45) is 3.96. The summed E-state index contributed by atoms with van der Waals surface area (Å²) in [5, 5.41) is 0. The molecule has 0 saturated heterocycles. The lowest BCUT2D eigenvalue weighted by molar-refractivity contribution is 1.06. The van der Waals surface area contributed by atoms with Crippen molar-refractivity contribution in [2.24, 2.45) is 0 Å². The van der Waals surface area contributed by atoms with Gasteiger partial charge in [-0.3, -0.25) is 0 Å². The molecule has 16 heavy (non-hydrogen) atoms. The Morgan fingerprint density at radius 1 is 1.06 bits per heavy atom. The predicted molar refractivity (Wildman–Crippen MR) is 68.6 cm³/mol. The molecule has 0 spiro atoms. The number of anilines is 1. The van der Waals surface area contributed by atoms with Crippen LogP contribution in [0.1, 0.15) is 12.6 Å². The summed E-state index contributed by atoms with van der Waals surface area (Å²) in [5.41, 5.74) is 2.77. The van der Waals surface area contributed by atoms with Gasteiger partial charge in [0, 0.05) is 14.1 Å². The van der Waals surface area contributed by atoms with E-state index in [1.165, 1.54) is 0 Å². The van der Waals surface area contributed by atoms with E-state index in [0.717, 1.165) is 22.5 Å². The van der Waals surface area contributed by atoms with E-state index in [9.17, 15) is 0 Å². The maximum absolute atomic E-state index is 4.61. The van der Waals surface area contributed by atoms with Crippen LogP contribution in [0.15, 0.2) is 30.3 Å². The quantitative estimate of drug-likeness (QED) is 0.768. The van der Waals surface area contributed by atoms with Gasteiger partial charge in [0.15, 0.2) is 5.82 Å². The van der Waals surface area contributed by atoms with Crippen molar-refractivity contribution in [1.82, 2.24) is 9.97 Å². The molecule has 0 atom stereocenters. The molecule has 82 valence electrons. The van der Waals surface area contributed by atoms with Crippen LogP contribution in [0.2, 0.25) is 0 Å². The van der Waals surface area contributed by atoms with Crippen LogP contribution in [0.3, 0.4) is 0 Å². The minimum atomic E-state index is 0.900. The van der Waals surface area contributed by atoms with E-state index in [4.69, 9.17) is 0 Å². The first-order valence-electron chi connectivity index (χ1n) is 5.29. The molecule has 0 N–H and O–H groups in total. The fourth-order valence-electron chi connectivity index (χ4n) is 1.60. The SMILES string of the molecule is CC=Cc1nc2ccccc2nc1N(C)C. The molecule has 0 unspecified atom stereocenters. The number of benzene rings is 1. The van der Waals surface area contributed by atoms with Crippen molar-refractivity contribution in [3.63, 3.8) is 0 Å². The van der Waals surface area contributed by atoms with E-state index in [0.29, 0.717) is 0 Å². The van der Waals surface area contributed by atoms with Crippen LogP contribution in [0.25, 0.3) is 17.1 Å². The lowest BCUT2D eigenvalue weighted by Gasteiger charge is -2.14. The molecule has 2 rings (SSSR count). The number of hydrogen-bond donors (Lipinski definition) is 0. The zero-order valence-electron chi connectivity index (χ0n) is 9.81. The Labute approximate surface area is 95.4 Å². The van der Waals surface area contributed by atoms with E-state index in [-0.39, 0.29) is 0 Å². The smallest absolute Gasteiger partial charge is 0.154 e. The number of nitrogens with zero attached hydrogens (tertiary/aromatic N) is 3. The fourth-order valence-corrected chi connectivity index (χ4v) is 1.60. The molecular weight excluding hydrogens is 198 g/mol. The summed E-state index contributed by atoms with van der Waals surface area (Å²) >= 11 is 0. The van der Waals surface area contributed by atoms with E-state index in [1.54, 1.807) is 0 Å². The van der Waals surface area contributed by atoms with Crippen LogP contribution in [0.4, 0.5) is 5.82 Å². The molecule has 0 bridgehead atoms. The fraction of sp³-hybridized carbons (Fsp3) is 0.231. The Morgan fingerprint density at radius 2 is 1.69 bits per heavy atom. The first kappa shape index (κ1) is 10.6. The third kappa shape index (κ3) is 1.89. The van der Waals surface area contributed by atoms with Gasteiger partial charge in [-0.2, -0.15) is 0 Å². The largest absolute Gasteiger partial charge is 0.361 e. The van der Waals surface area contributed by atoms with Gasteiger partial charge in [-0.15, -0.1) is 0 Å². The number of rotatable bonds is 2. The molecule has 0 aliphatic rings. The van der Waals surface area contributed by atoms with Crippen LogP contribution in [-0.4, -0.2) is 24.1 Å². The van der Waals surface area contributed by atoms with E-state index in [1.807, 2.05) is 62.3 Å². The number of para-hydroxylation sites is 2. The molecule has 3 nitrogen and oxygen atoms in total. The molecule has 0 aliphatic carbocycles. The molecule has 3 heteroatoms. The normalized spacial score (nSPS) is 11.2. The topological polar surface area (TPSA) is 29.0 Å². The molecule has 0 aliphatic heterocycles. The van der Waals surface area contributed by atoms with Crippen LogP contribution in [0, 0.1) is 0 Å². The summed E-state index contributed by atoms with van der Waals surface area (Å²) in [5.74, 6) is 0.900. The number of allylic oxidation sites excluding steroid dienone is 1. The van der Waals surface area contributed by atoms with E-state index >= 15 is 0 Å². The highest BCUT2D eigenvalue weighted by Gasteiger charge is 2.07. The summed E-state index contributed by atoms with van der Waals surface area (Å²) in [7, 11) is 3.96. The Morgan fingerprint density at radius 3 is 2.25 bits per heavy atom. The molecule has 0 amide bonds. The van der Waals surface area contributed by atoms with Crippen LogP contribution < -0.4 is 4.90 Å². The maximum atomic E-state index is 4.61. The standard InChI is InChI=1S/C13H15N3/c1-4-7-12-13(16(2)3)15-11-9-6-5-8-10(11)14-12/h4-9H,1-3H3. The van der Waals surface area contributed by atoms with Crippen molar-refractivity contribution in [1.29, 1.82) is 0 Å². The van der Waals surface area contributed by atoms with Gasteiger partial charge >= 0.3 is 0 Å². The van der Waals surface area contributed by atoms with Crippen molar-refractivity contribution in [3.8, 4) is 0 Å². The Hall–Kier alpha value is -1.90. The maximum Gasteiger partial charge on any atom is 0.154 e. The first-order chi connectivity index (χ1) is 7.72. The second-order valence-electron chi connectivity index (χ2n) is 3.82. The van der Waals surface area contributed by atoms with Gasteiger partial charge in [0.1, 0.15) is 5.69 Å². The minimum absolute atomic E-state index is 0.900.